The van der Waals surface area contributed by atoms with Crippen molar-refractivity contribution in [2.45, 2.75) is 19.3 Å². The van der Waals surface area contributed by atoms with Crippen LogP contribution in [0.25, 0.3) is 97.9 Å². The van der Waals surface area contributed by atoms with Crippen molar-refractivity contribution in [2.24, 2.45) is 0 Å². The lowest BCUT2D eigenvalue weighted by molar-refractivity contribution is 0.661. The van der Waals surface area contributed by atoms with Crippen molar-refractivity contribution >= 4 is 53.1 Å². The SMILES string of the molecule is CC1(C)c2ccc(-c3ccc(-c4cc(-c5cccc6c5sc5ccccc56)nc(-c5ccccc5)n4)c4ccccc34)cc2-c2c1ccc1ccccc21. The van der Waals surface area contributed by atoms with Crippen LogP contribution in [-0.2, 0) is 5.41 Å². The second-order valence-corrected chi connectivity index (χ2v) is 16.0. The highest BCUT2D eigenvalue weighted by Crippen LogP contribution is 2.52. The van der Waals surface area contributed by atoms with Gasteiger partial charge >= 0.3 is 0 Å². The second-order valence-electron chi connectivity index (χ2n) is 14.9. The summed E-state index contributed by atoms with van der Waals surface area (Å²) in [5.74, 6) is 0.724. The van der Waals surface area contributed by atoms with Crippen LogP contribution in [0.3, 0.4) is 0 Å². The summed E-state index contributed by atoms with van der Waals surface area (Å²) in [5.41, 5.74) is 12.9. The molecule has 10 aromatic rings. The van der Waals surface area contributed by atoms with Gasteiger partial charge in [-0.1, -0.05) is 166 Å². The Morgan fingerprint density at radius 3 is 1.91 bits per heavy atom. The maximum absolute atomic E-state index is 5.28. The summed E-state index contributed by atoms with van der Waals surface area (Å²) in [6, 6.07) is 61.6. The Hall–Kier alpha value is -6.42. The molecule has 0 saturated carbocycles. The van der Waals surface area contributed by atoms with Crippen molar-refractivity contribution in [1.29, 1.82) is 0 Å². The molecule has 2 heterocycles. The zero-order valence-corrected chi connectivity index (χ0v) is 30.8. The van der Waals surface area contributed by atoms with Gasteiger partial charge < -0.3 is 0 Å². The number of rotatable bonds is 4. The van der Waals surface area contributed by atoms with Crippen molar-refractivity contribution in [1.82, 2.24) is 9.97 Å². The Bertz CT molecular complexity index is 3130. The maximum Gasteiger partial charge on any atom is 0.160 e. The first-order valence-electron chi connectivity index (χ1n) is 18.6. The van der Waals surface area contributed by atoms with E-state index in [1.54, 1.807) is 0 Å². The van der Waals surface area contributed by atoms with Crippen LogP contribution in [0.15, 0.2) is 170 Å². The Morgan fingerprint density at radius 1 is 0.426 bits per heavy atom. The quantitative estimate of drug-likeness (QED) is 0.182. The Balaban J connectivity index is 1.11. The zero-order chi connectivity index (χ0) is 36.0. The summed E-state index contributed by atoms with van der Waals surface area (Å²) in [6.07, 6.45) is 0. The van der Waals surface area contributed by atoms with Crippen molar-refractivity contribution in [3.63, 3.8) is 0 Å². The normalized spacial score (nSPS) is 13.1. The van der Waals surface area contributed by atoms with E-state index in [9.17, 15) is 0 Å². The smallest absolute Gasteiger partial charge is 0.160 e. The molecule has 0 fully saturated rings. The van der Waals surface area contributed by atoms with Gasteiger partial charge in [-0.05, 0) is 73.1 Å². The molecule has 0 N–H and O–H groups in total. The molecule has 254 valence electrons. The van der Waals surface area contributed by atoms with E-state index >= 15 is 0 Å². The van der Waals surface area contributed by atoms with Crippen molar-refractivity contribution in [3.8, 4) is 56.2 Å². The molecule has 0 aliphatic heterocycles. The van der Waals surface area contributed by atoms with Gasteiger partial charge in [-0.15, -0.1) is 11.3 Å². The van der Waals surface area contributed by atoms with E-state index in [2.05, 4.69) is 178 Å². The Kier molecular flexibility index (Phi) is 6.80. The summed E-state index contributed by atoms with van der Waals surface area (Å²) >= 11 is 1.83. The minimum Gasteiger partial charge on any atom is -0.228 e. The molecule has 0 unspecified atom stereocenters. The molecular weight excluding hydrogens is 673 g/mol. The summed E-state index contributed by atoms with van der Waals surface area (Å²) in [5, 5.41) is 7.52. The topological polar surface area (TPSA) is 25.8 Å². The van der Waals surface area contributed by atoms with Gasteiger partial charge in [0.15, 0.2) is 5.82 Å². The molecule has 0 spiro atoms. The summed E-state index contributed by atoms with van der Waals surface area (Å²) < 4.78 is 2.53. The fourth-order valence-electron chi connectivity index (χ4n) is 8.85. The van der Waals surface area contributed by atoms with Gasteiger partial charge in [0.25, 0.3) is 0 Å². The van der Waals surface area contributed by atoms with E-state index in [1.165, 1.54) is 75.1 Å². The molecule has 1 aliphatic rings. The van der Waals surface area contributed by atoms with Gasteiger partial charge in [0.1, 0.15) is 0 Å². The van der Waals surface area contributed by atoms with E-state index < -0.39 is 0 Å². The minimum atomic E-state index is -0.0689. The monoisotopic (exact) mass is 706 g/mol. The number of hydrogen-bond donors (Lipinski definition) is 0. The van der Waals surface area contributed by atoms with Crippen molar-refractivity contribution < 1.29 is 0 Å². The van der Waals surface area contributed by atoms with Crippen LogP contribution in [0, 0.1) is 0 Å². The van der Waals surface area contributed by atoms with Gasteiger partial charge in [0.05, 0.1) is 11.4 Å². The predicted molar refractivity (Wildman–Crippen MR) is 229 cm³/mol. The zero-order valence-electron chi connectivity index (χ0n) is 30.0. The van der Waals surface area contributed by atoms with Gasteiger partial charge in [-0.3, -0.25) is 0 Å². The van der Waals surface area contributed by atoms with Crippen molar-refractivity contribution in [3.05, 3.63) is 181 Å². The minimum absolute atomic E-state index is 0.0689. The van der Waals surface area contributed by atoms with Crippen LogP contribution in [0.4, 0.5) is 0 Å². The van der Waals surface area contributed by atoms with Gasteiger partial charge in [0.2, 0.25) is 0 Å². The molecule has 0 radical (unpaired) electrons. The van der Waals surface area contributed by atoms with Gasteiger partial charge in [0, 0.05) is 42.3 Å². The number of benzene rings is 8. The van der Waals surface area contributed by atoms with E-state index in [4.69, 9.17) is 9.97 Å². The van der Waals surface area contributed by atoms with E-state index in [1.807, 2.05) is 17.4 Å². The lowest BCUT2D eigenvalue weighted by Gasteiger charge is -2.22. The van der Waals surface area contributed by atoms with Gasteiger partial charge in [-0.25, -0.2) is 9.97 Å². The van der Waals surface area contributed by atoms with Crippen LogP contribution < -0.4 is 0 Å². The van der Waals surface area contributed by atoms with Crippen LogP contribution in [0.2, 0.25) is 0 Å². The number of nitrogens with zero attached hydrogens (tertiary/aromatic N) is 2. The fourth-order valence-corrected chi connectivity index (χ4v) is 10.1. The molecule has 0 amide bonds. The number of thiophene rings is 1. The molecule has 2 aromatic heterocycles. The summed E-state index contributed by atoms with van der Waals surface area (Å²) in [4.78, 5) is 10.5. The first-order chi connectivity index (χ1) is 26.5. The molecule has 54 heavy (non-hydrogen) atoms. The number of fused-ring (bicyclic) bond motifs is 9. The molecule has 11 rings (SSSR count). The third-order valence-electron chi connectivity index (χ3n) is 11.5. The molecule has 0 bridgehead atoms. The molecule has 1 aliphatic carbocycles. The standard InChI is InChI=1S/C51H34N2S/c1-51(2)43-27-24-33(29-42(43)48-35-16-7-6-13-31(35)23-28-44(48)51)34-25-26-38(37-18-9-8-17-36(34)37)45-30-46(53-50(52-45)32-14-4-3-5-15-32)41-21-12-20-40-39-19-10-11-22-47(39)54-49(40)41/h3-30H,1-2H3. The molecule has 3 heteroatoms. The highest BCUT2D eigenvalue weighted by Gasteiger charge is 2.36. The first-order valence-corrected chi connectivity index (χ1v) is 19.4. The lowest BCUT2D eigenvalue weighted by atomic mass is 9.81. The largest absolute Gasteiger partial charge is 0.228 e. The summed E-state index contributed by atoms with van der Waals surface area (Å²) in [6.45, 7) is 4.72. The molecule has 2 nitrogen and oxygen atoms in total. The van der Waals surface area contributed by atoms with Crippen LogP contribution in [-0.4, -0.2) is 9.97 Å². The lowest BCUT2D eigenvalue weighted by Crippen LogP contribution is -2.14. The van der Waals surface area contributed by atoms with Crippen molar-refractivity contribution in [2.75, 3.05) is 0 Å². The molecular formula is C51H34N2S. The third-order valence-corrected chi connectivity index (χ3v) is 12.7. The maximum atomic E-state index is 5.28. The Labute approximate surface area is 318 Å². The summed E-state index contributed by atoms with van der Waals surface area (Å²) in [7, 11) is 0. The number of aromatic nitrogens is 2. The van der Waals surface area contributed by atoms with E-state index in [0.29, 0.717) is 0 Å². The fraction of sp³-hybridized carbons (Fsp3) is 0.0588. The van der Waals surface area contributed by atoms with E-state index in [0.717, 1.165) is 33.9 Å². The van der Waals surface area contributed by atoms with E-state index in [-0.39, 0.29) is 5.41 Å². The highest BCUT2D eigenvalue weighted by atomic mass is 32.1. The second kappa shape index (κ2) is 11.8. The molecule has 0 saturated heterocycles. The van der Waals surface area contributed by atoms with Gasteiger partial charge in [-0.2, -0.15) is 0 Å². The third kappa shape index (κ3) is 4.65. The highest BCUT2D eigenvalue weighted by molar-refractivity contribution is 7.26. The van der Waals surface area contributed by atoms with Crippen LogP contribution in [0.5, 0.6) is 0 Å². The predicted octanol–water partition coefficient (Wildman–Crippen LogP) is 14.1. The molecule has 8 aromatic carbocycles. The van der Waals surface area contributed by atoms with Crippen LogP contribution >= 0.6 is 11.3 Å². The first kappa shape index (κ1) is 31.1. The average Bonchev–Trinajstić information content (AvgIpc) is 3.72. The molecule has 0 atom stereocenters. The van der Waals surface area contributed by atoms with Crippen LogP contribution in [0.1, 0.15) is 25.0 Å². The average molecular weight is 707 g/mol. The Morgan fingerprint density at radius 2 is 1.07 bits per heavy atom. The number of hydrogen-bond acceptors (Lipinski definition) is 3.